The summed E-state index contributed by atoms with van der Waals surface area (Å²) in [5.41, 5.74) is 3.84. The molecule has 0 bridgehead atoms. The fourth-order valence-corrected chi connectivity index (χ4v) is 5.96. The summed E-state index contributed by atoms with van der Waals surface area (Å²) >= 11 is 3.59. The second-order valence-electron chi connectivity index (χ2n) is 10.8. The van der Waals surface area contributed by atoms with Gasteiger partial charge >= 0.3 is 0 Å². The zero-order valence-electron chi connectivity index (χ0n) is 19.9. The molecule has 0 saturated carbocycles. The van der Waals surface area contributed by atoms with Gasteiger partial charge in [0.2, 0.25) is 0 Å². The molecule has 1 heterocycles. The molecule has 1 aromatic carbocycles. The Bertz CT molecular complexity index is 1100. The van der Waals surface area contributed by atoms with Gasteiger partial charge in [0, 0.05) is 41.3 Å². The smallest absolute Gasteiger partial charge is 0.176 e. The van der Waals surface area contributed by atoms with Crippen molar-refractivity contribution in [3.8, 4) is 23.8 Å². The lowest BCUT2D eigenvalue weighted by Crippen LogP contribution is -2.42. The van der Waals surface area contributed by atoms with Crippen molar-refractivity contribution in [2.45, 2.75) is 59.3 Å². The predicted octanol–water partition coefficient (Wildman–Crippen LogP) is 5.44. The van der Waals surface area contributed by atoms with Crippen LogP contribution in [-0.2, 0) is 9.59 Å². The molecular formula is C27H30BrNO4. The number of allylic oxidation sites excluding steroid dienone is 4. The van der Waals surface area contributed by atoms with Gasteiger partial charge in [0.25, 0.3) is 0 Å². The molecule has 4 rings (SSSR count). The Hall–Kier alpha value is -2.52. The van der Waals surface area contributed by atoms with Crippen LogP contribution in [0, 0.1) is 23.2 Å². The molecule has 3 aliphatic rings. The minimum Gasteiger partial charge on any atom is -0.493 e. The summed E-state index contributed by atoms with van der Waals surface area (Å²) in [6.45, 7) is 8.56. The summed E-state index contributed by atoms with van der Waals surface area (Å²) in [5, 5.41) is 3.54. The van der Waals surface area contributed by atoms with Crippen LogP contribution in [0.2, 0.25) is 0 Å². The maximum atomic E-state index is 13.5. The molecule has 0 spiro atoms. The van der Waals surface area contributed by atoms with E-state index in [1.54, 1.807) is 7.11 Å². The summed E-state index contributed by atoms with van der Waals surface area (Å²) in [6, 6.07) is 3.78. The van der Waals surface area contributed by atoms with Crippen molar-refractivity contribution in [1.82, 2.24) is 5.32 Å². The van der Waals surface area contributed by atoms with Crippen LogP contribution in [-0.4, -0.2) is 25.3 Å². The van der Waals surface area contributed by atoms with Crippen LogP contribution in [0.15, 0.2) is 39.1 Å². The third-order valence-corrected chi connectivity index (χ3v) is 7.19. The summed E-state index contributed by atoms with van der Waals surface area (Å²) in [7, 11) is 1.56. The Morgan fingerprint density at radius 2 is 1.58 bits per heavy atom. The molecule has 0 atom stereocenters. The van der Waals surface area contributed by atoms with Gasteiger partial charge in [-0.15, -0.1) is 6.42 Å². The van der Waals surface area contributed by atoms with Gasteiger partial charge in [0.15, 0.2) is 23.1 Å². The van der Waals surface area contributed by atoms with E-state index in [9.17, 15) is 9.59 Å². The first kappa shape index (κ1) is 23.6. The molecule has 6 heteroatoms. The zero-order chi connectivity index (χ0) is 24.1. The predicted molar refractivity (Wildman–Crippen MR) is 131 cm³/mol. The van der Waals surface area contributed by atoms with Gasteiger partial charge in [0.1, 0.15) is 6.61 Å². The molecule has 33 heavy (non-hydrogen) atoms. The first-order valence-electron chi connectivity index (χ1n) is 11.2. The standard InChI is InChI=1S/C27H30BrNO4/c1-7-8-33-25-16(28)9-15(10-21(25)32-6)22-23-17(11-26(2,3)13-19(23)30)29-18-12-27(4,5)14-20(31)24(18)22/h1,9-10,22,29H,8,11-14H2,2-6H3. The van der Waals surface area contributed by atoms with E-state index in [-0.39, 0.29) is 29.0 Å². The second-order valence-corrected chi connectivity index (χ2v) is 11.6. The van der Waals surface area contributed by atoms with Gasteiger partial charge in [-0.05, 0) is 57.3 Å². The average molecular weight is 512 g/mol. The van der Waals surface area contributed by atoms with Crippen molar-refractivity contribution >= 4 is 27.5 Å². The molecule has 0 amide bonds. The number of hydrogen-bond acceptors (Lipinski definition) is 5. The monoisotopic (exact) mass is 511 g/mol. The van der Waals surface area contributed by atoms with Gasteiger partial charge in [0.05, 0.1) is 11.6 Å². The fraction of sp³-hybridized carbons (Fsp3) is 0.481. The van der Waals surface area contributed by atoms with Crippen LogP contribution < -0.4 is 14.8 Å². The van der Waals surface area contributed by atoms with Gasteiger partial charge in [-0.25, -0.2) is 0 Å². The van der Waals surface area contributed by atoms with E-state index in [1.165, 1.54) is 0 Å². The lowest BCUT2D eigenvalue weighted by molar-refractivity contribution is -0.119. The van der Waals surface area contributed by atoms with Crippen LogP contribution in [0.3, 0.4) is 0 Å². The Labute approximate surface area is 204 Å². The van der Waals surface area contributed by atoms with E-state index in [4.69, 9.17) is 15.9 Å². The van der Waals surface area contributed by atoms with Gasteiger partial charge in [-0.1, -0.05) is 33.6 Å². The van der Waals surface area contributed by atoms with E-state index < -0.39 is 5.92 Å². The molecule has 0 saturated heterocycles. The third kappa shape index (κ3) is 4.36. The molecular weight excluding hydrogens is 482 g/mol. The van der Waals surface area contributed by atoms with Crippen molar-refractivity contribution in [3.05, 3.63) is 44.7 Å². The van der Waals surface area contributed by atoms with E-state index in [0.717, 1.165) is 29.8 Å². The van der Waals surface area contributed by atoms with E-state index >= 15 is 0 Å². The average Bonchev–Trinajstić information content (AvgIpc) is 2.68. The normalized spacial score (nSPS) is 21.7. The highest BCUT2D eigenvalue weighted by molar-refractivity contribution is 9.10. The number of ketones is 2. The van der Waals surface area contributed by atoms with Crippen LogP contribution in [0.1, 0.15) is 64.9 Å². The van der Waals surface area contributed by atoms with Crippen LogP contribution in [0.25, 0.3) is 0 Å². The van der Waals surface area contributed by atoms with Gasteiger partial charge in [-0.2, -0.15) is 0 Å². The summed E-state index contributed by atoms with van der Waals surface area (Å²) in [4.78, 5) is 26.9. The molecule has 5 nitrogen and oxygen atoms in total. The highest BCUT2D eigenvalue weighted by Crippen LogP contribution is 2.52. The Morgan fingerprint density at radius 3 is 2.06 bits per heavy atom. The van der Waals surface area contributed by atoms with Crippen molar-refractivity contribution in [3.63, 3.8) is 0 Å². The molecule has 1 aromatic rings. The molecule has 1 aliphatic heterocycles. The number of nitrogens with one attached hydrogen (secondary N) is 1. The number of hydrogen-bond donors (Lipinski definition) is 1. The van der Waals surface area contributed by atoms with Crippen molar-refractivity contribution in [2.24, 2.45) is 10.8 Å². The fourth-order valence-electron chi connectivity index (χ4n) is 5.38. The highest BCUT2D eigenvalue weighted by Gasteiger charge is 2.46. The number of dihydropyridines is 1. The van der Waals surface area contributed by atoms with Crippen LogP contribution >= 0.6 is 15.9 Å². The summed E-state index contributed by atoms with van der Waals surface area (Å²) in [6.07, 6.45) is 7.79. The van der Waals surface area contributed by atoms with Crippen molar-refractivity contribution in [1.29, 1.82) is 0 Å². The number of methoxy groups -OCH3 is 1. The number of benzene rings is 1. The number of carbonyl (C=O) groups excluding carboxylic acids is 2. The molecule has 2 aliphatic carbocycles. The van der Waals surface area contributed by atoms with Gasteiger partial charge < -0.3 is 14.8 Å². The molecule has 0 radical (unpaired) electrons. The van der Waals surface area contributed by atoms with E-state index in [0.29, 0.717) is 40.0 Å². The first-order valence-corrected chi connectivity index (χ1v) is 12.0. The van der Waals surface area contributed by atoms with Crippen molar-refractivity contribution in [2.75, 3.05) is 13.7 Å². The molecule has 0 unspecified atom stereocenters. The minimum absolute atomic E-state index is 0.0886. The number of rotatable bonds is 4. The molecule has 0 aromatic heterocycles. The van der Waals surface area contributed by atoms with Crippen molar-refractivity contribution < 1.29 is 19.1 Å². The maximum absolute atomic E-state index is 13.5. The number of halogens is 1. The highest BCUT2D eigenvalue weighted by atomic mass is 79.9. The van der Waals surface area contributed by atoms with Crippen LogP contribution in [0.5, 0.6) is 11.5 Å². The van der Waals surface area contributed by atoms with E-state index in [1.807, 2.05) is 12.1 Å². The summed E-state index contributed by atoms with van der Waals surface area (Å²) < 4.78 is 12.0. The summed E-state index contributed by atoms with van der Waals surface area (Å²) in [5.74, 6) is 3.21. The Morgan fingerprint density at radius 1 is 1.03 bits per heavy atom. The number of Topliss-reactive ketones (excluding diaryl/α,β-unsaturated/α-hetero) is 2. The van der Waals surface area contributed by atoms with E-state index in [2.05, 4.69) is 54.9 Å². The molecule has 0 fully saturated rings. The largest absolute Gasteiger partial charge is 0.493 e. The maximum Gasteiger partial charge on any atom is 0.176 e. The minimum atomic E-state index is -0.435. The number of carbonyl (C=O) groups is 2. The Balaban J connectivity index is 1.92. The SMILES string of the molecule is C#CCOc1c(Br)cc(C2C3=C(CC(C)(C)CC3=O)NC3=C2C(=O)CC(C)(C)C3)cc1OC. The molecule has 1 N–H and O–H groups in total. The van der Waals surface area contributed by atoms with Gasteiger partial charge in [-0.3, -0.25) is 9.59 Å². The lowest BCUT2D eigenvalue weighted by Gasteiger charge is -2.44. The Kier molecular flexibility index (Phi) is 5.99. The zero-order valence-corrected chi connectivity index (χ0v) is 21.4. The number of ether oxygens (including phenoxy) is 2. The lowest BCUT2D eigenvalue weighted by atomic mass is 9.64. The second kappa shape index (κ2) is 8.36. The topological polar surface area (TPSA) is 64.6 Å². The number of terminal acetylenes is 1. The van der Waals surface area contributed by atoms with Crippen LogP contribution in [0.4, 0.5) is 0 Å². The first-order chi connectivity index (χ1) is 15.5. The molecule has 174 valence electrons. The quantitative estimate of drug-likeness (QED) is 0.545. The third-order valence-electron chi connectivity index (χ3n) is 6.60.